The van der Waals surface area contributed by atoms with Gasteiger partial charge < -0.3 is 4.74 Å². The maximum Gasteiger partial charge on any atom is 0.410 e. The number of halogens is 1. The molecule has 22 heavy (non-hydrogen) atoms. The molecule has 2 rings (SSSR count). The summed E-state index contributed by atoms with van der Waals surface area (Å²) in [5, 5.41) is 0. The smallest absolute Gasteiger partial charge is 0.410 e. The summed E-state index contributed by atoms with van der Waals surface area (Å²) in [6.07, 6.45) is 2.02. The van der Waals surface area contributed by atoms with Gasteiger partial charge in [-0.05, 0) is 25.5 Å². The Morgan fingerprint density at radius 2 is 1.86 bits per heavy atom. The van der Waals surface area contributed by atoms with E-state index in [0.29, 0.717) is 19.7 Å². The van der Waals surface area contributed by atoms with E-state index in [1.807, 2.05) is 19.1 Å². The average molecular weight is 309 g/mol. The van der Waals surface area contributed by atoms with E-state index < -0.39 is 0 Å². The van der Waals surface area contributed by atoms with Gasteiger partial charge in [-0.25, -0.2) is 9.18 Å². The number of rotatable bonds is 5. The molecule has 1 saturated heterocycles. The lowest BCUT2D eigenvalue weighted by atomic mass is 10.1. The minimum Gasteiger partial charge on any atom is -0.450 e. The van der Waals surface area contributed by atoms with Crippen LogP contribution in [0.4, 0.5) is 14.9 Å². The topological polar surface area (TPSA) is 29.5 Å². The number of hydrogen-bond acceptors (Lipinski definition) is 2. The second-order valence-corrected chi connectivity index (χ2v) is 5.83. The van der Waals surface area contributed by atoms with E-state index in [0.717, 1.165) is 42.6 Å². The number of ether oxygens (including phenoxy) is 1. The Hall–Kier alpha value is -1.62. The lowest BCUT2D eigenvalue weighted by Gasteiger charge is -2.44. The first-order valence-corrected chi connectivity index (χ1v) is 8.15. The number of quaternary nitrogens is 1. The van der Waals surface area contributed by atoms with Crippen LogP contribution in [-0.2, 0) is 4.74 Å². The van der Waals surface area contributed by atoms with Crippen molar-refractivity contribution in [2.24, 2.45) is 0 Å². The molecule has 1 fully saturated rings. The van der Waals surface area contributed by atoms with E-state index >= 15 is 0 Å². The molecule has 0 spiro atoms. The maximum atomic E-state index is 13.2. The molecule has 0 unspecified atom stereocenters. The van der Waals surface area contributed by atoms with Crippen LogP contribution in [0.1, 0.15) is 26.7 Å². The SMILES string of the molecule is CCCC[N+]1(c2ccc(F)cc2)CCN(C(=O)OCC)CC1. The normalized spacial score (nSPS) is 17.3. The zero-order valence-electron chi connectivity index (χ0n) is 13.6. The molecule has 4 nitrogen and oxygen atoms in total. The molecule has 0 saturated carbocycles. The number of amides is 1. The molecule has 1 aliphatic heterocycles. The molecule has 1 amide bonds. The van der Waals surface area contributed by atoms with E-state index in [2.05, 4.69) is 6.92 Å². The Labute approximate surface area is 132 Å². The highest BCUT2D eigenvalue weighted by atomic mass is 19.1. The highest BCUT2D eigenvalue weighted by Gasteiger charge is 2.36. The van der Waals surface area contributed by atoms with Gasteiger partial charge in [-0.15, -0.1) is 0 Å². The van der Waals surface area contributed by atoms with Crippen LogP contribution in [0.15, 0.2) is 24.3 Å². The molecule has 0 radical (unpaired) electrons. The van der Waals surface area contributed by atoms with E-state index in [1.54, 1.807) is 4.90 Å². The van der Waals surface area contributed by atoms with Gasteiger partial charge in [0.2, 0.25) is 0 Å². The molecule has 122 valence electrons. The number of carbonyl (C=O) groups excluding carboxylic acids is 1. The predicted molar refractivity (Wildman–Crippen MR) is 86.3 cm³/mol. The van der Waals surface area contributed by atoms with Crippen molar-refractivity contribution in [3.05, 3.63) is 30.1 Å². The maximum absolute atomic E-state index is 13.2. The summed E-state index contributed by atoms with van der Waals surface area (Å²) in [5.74, 6) is -0.206. The van der Waals surface area contributed by atoms with Crippen molar-refractivity contribution in [1.82, 2.24) is 9.38 Å². The van der Waals surface area contributed by atoms with Crippen molar-refractivity contribution in [2.75, 3.05) is 39.3 Å². The van der Waals surface area contributed by atoms with Crippen LogP contribution in [0.5, 0.6) is 0 Å². The van der Waals surface area contributed by atoms with Crippen LogP contribution in [0.25, 0.3) is 0 Å². The molecule has 0 N–H and O–H groups in total. The first-order chi connectivity index (χ1) is 10.6. The quantitative estimate of drug-likeness (QED) is 0.780. The molecule has 0 atom stereocenters. The van der Waals surface area contributed by atoms with Crippen LogP contribution in [0, 0.1) is 5.82 Å². The average Bonchev–Trinajstić information content (AvgIpc) is 2.54. The molecule has 0 bridgehead atoms. The van der Waals surface area contributed by atoms with Crippen molar-refractivity contribution in [3.63, 3.8) is 0 Å². The standard InChI is InChI=1S/C17H26FN2O2/c1-3-5-12-20(16-8-6-15(18)7-9-16)13-10-19(11-14-20)17(21)22-4-2/h6-9H,3-5,10-14H2,1-2H3/q+1. The van der Waals surface area contributed by atoms with Gasteiger partial charge in [0.05, 0.1) is 26.2 Å². The highest BCUT2D eigenvalue weighted by molar-refractivity contribution is 5.68. The van der Waals surface area contributed by atoms with Crippen molar-refractivity contribution < 1.29 is 13.9 Å². The summed E-state index contributed by atoms with van der Waals surface area (Å²) in [5.41, 5.74) is 1.14. The van der Waals surface area contributed by atoms with Crippen LogP contribution in [0.2, 0.25) is 0 Å². The first-order valence-electron chi connectivity index (χ1n) is 8.15. The Kier molecular flexibility index (Phi) is 5.77. The molecule has 0 aromatic heterocycles. The van der Waals surface area contributed by atoms with Crippen molar-refractivity contribution in [3.8, 4) is 0 Å². The Bertz CT molecular complexity index is 482. The highest BCUT2D eigenvalue weighted by Crippen LogP contribution is 2.27. The molecule has 1 heterocycles. The summed E-state index contributed by atoms with van der Waals surface area (Å²) >= 11 is 0. The zero-order chi connectivity index (χ0) is 16.0. The minimum atomic E-state index is -0.227. The lowest BCUT2D eigenvalue weighted by molar-refractivity contribution is 0.0805. The monoisotopic (exact) mass is 309 g/mol. The van der Waals surface area contributed by atoms with Gasteiger partial charge in [-0.2, -0.15) is 0 Å². The van der Waals surface area contributed by atoms with E-state index in [-0.39, 0.29) is 11.9 Å². The van der Waals surface area contributed by atoms with Crippen molar-refractivity contribution in [2.45, 2.75) is 26.7 Å². The third-order valence-electron chi connectivity index (χ3n) is 4.44. The summed E-state index contributed by atoms with van der Waals surface area (Å²) < 4.78 is 19.1. The van der Waals surface area contributed by atoms with Gasteiger partial charge in [-0.3, -0.25) is 9.38 Å². The third-order valence-corrected chi connectivity index (χ3v) is 4.44. The Morgan fingerprint density at radius 1 is 1.23 bits per heavy atom. The van der Waals surface area contributed by atoms with Crippen LogP contribution < -0.4 is 4.48 Å². The number of unbranched alkanes of at least 4 members (excludes halogenated alkanes) is 1. The molecule has 1 aliphatic rings. The molecule has 1 aromatic rings. The van der Waals surface area contributed by atoms with Gasteiger partial charge in [0.1, 0.15) is 24.6 Å². The lowest BCUT2D eigenvalue weighted by Crippen LogP contribution is -2.62. The van der Waals surface area contributed by atoms with Gasteiger partial charge in [0, 0.05) is 12.1 Å². The summed E-state index contributed by atoms with van der Waals surface area (Å²) in [6.45, 7) is 8.49. The summed E-state index contributed by atoms with van der Waals surface area (Å²) in [6, 6.07) is 6.81. The van der Waals surface area contributed by atoms with Crippen LogP contribution in [-0.4, -0.2) is 50.3 Å². The number of nitrogens with zero attached hydrogens (tertiary/aromatic N) is 2. The minimum absolute atomic E-state index is 0.206. The molecular formula is C17H26FN2O2+. The summed E-state index contributed by atoms with van der Waals surface area (Å²) in [7, 11) is 0. The van der Waals surface area contributed by atoms with Gasteiger partial charge >= 0.3 is 6.09 Å². The predicted octanol–water partition coefficient (Wildman–Crippen LogP) is 3.41. The molecule has 5 heteroatoms. The third kappa shape index (κ3) is 3.77. The summed E-state index contributed by atoms with van der Waals surface area (Å²) in [4.78, 5) is 13.6. The molecule has 1 aromatic carbocycles. The number of benzene rings is 1. The number of piperazine rings is 1. The van der Waals surface area contributed by atoms with Crippen LogP contribution >= 0.6 is 0 Å². The van der Waals surface area contributed by atoms with E-state index in [4.69, 9.17) is 4.74 Å². The fraction of sp³-hybridized carbons (Fsp3) is 0.588. The second kappa shape index (κ2) is 7.58. The second-order valence-electron chi connectivity index (χ2n) is 5.83. The number of hydrogen-bond donors (Lipinski definition) is 0. The van der Waals surface area contributed by atoms with E-state index in [9.17, 15) is 9.18 Å². The van der Waals surface area contributed by atoms with Gasteiger partial charge in [0.25, 0.3) is 0 Å². The molecule has 0 aliphatic carbocycles. The first kappa shape index (κ1) is 16.7. The van der Waals surface area contributed by atoms with Crippen molar-refractivity contribution >= 4 is 11.8 Å². The fourth-order valence-corrected chi connectivity index (χ4v) is 3.07. The van der Waals surface area contributed by atoms with Crippen molar-refractivity contribution in [1.29, 1.82) is 0 Å². The van der Waals surface area contributed by atoms with Gasteiger partial charge in [0.15, 0.2) is 0 Å². The van der Waals surface area contributed by atoms with E-state index in [1.165, 1.54) is 12.1 Å². The fourth-order valence-electron chi connectivity index (χ4n) is 3.07. The Morgan fingerprint density at radius 3 is 2.41 bits per heavy atom. The largest absolute Gasteiger partial charge is 0.450 e. The van der Waals surface area contributed by atoms with Crippen LogP contribution in [0.3, 0.4) is 0 Å². The number of carbonyl (C=O) groups is 1. The zero-order valence-corrected chi connectivity index (χ0v) is 13.6. The molecular weight excluding hydrogens is 283 g/mol. The Balaban J connectivity index is 2.12. The van der Waals surface area contributed by atoms with Gasteiger partial charge in [-0.1, -0.05) is 13.3 Å².